The molecule has 0 aromatic carbocycles. The molecule has 2 atom stereocenters. The van der Waals surface area contributed by atoms with Crippen molar-refractivity contribution in [2.75, 3.05) is 7.11 Å². The van der Waals surface area contributed by atoms with Gasteiger partial charge in [-0.2, -0.15) is 5.10 Å². The molecule has 3 N–H and O–H groups in total. The van der Waals surface area contributed by atoms with Gasteiger partial charge in [0.15, 0.2) is 0 Å². The molecule has 1 fully saturated rings. The lowest BCUT2D eigenvalue weighted by Crippen LogP contribution is -2.29. The maximum Gasteiger partial charge on any atom is 0.332 e. The summed E-state index contributed by atoms with van der Waals surface area (Å²) in [6.45, 7) is 2.10. The first kappa shape index (κ1) is 9.98. The number of methoxy groups -OCH3 is 1. The first-order valence-electron chi connectivity index (χ1n) is 4.30. The van der Waals surface area contributed by atoms with E-state index in [0.29, 0.717) is 5.92 Å². The second-order valence-corrected chi connectivity index (χ2v) is 3.25. The summed E-state index contributed by atoms with van der Waals surface area (Å²) < 4.78 is 5.25. The number of urea groups is 1. The van der Waals surface area contributed by atoms with Crippen LogP contribution in [0.2, 0.25) is 0 Å². The van der Waals surface area contributed by atoms with E-state index in [1.54, 1.807) is 7.11 Å². The van der Waals surface area contributed by atoms with Crippen LogP contribution in [0.25, 0.3) is 0 Å². The van der Waals surface area contributed by atoms with E-state index in [9.17, 15) is 4.79 Å². The summed E-state index contributed by atoms with van der Waals surface area (Å²) in [5.41, 5.74) is 7.98. The van der Waals surface area contributed by atoms with Gasteiger partial charge in [0.2, 0.25) is 0 Å². The molecule has 1 aliphatic rings. The highest BCUT2D eigenvalue weighted by molar-refractivity contribution is 5.91. The van der Waals surface area contributed by atoms with E-state index >= 15 is 0 Å². The summed E-state index contributed by atoms with van der Waals surface area (Å²) >= 11 is 0. The van der Waals surface area contributed by atoms with Crippen LogP contribution in [0.3, 0.4) is 0 Å². The predicted molar refractivity (Wildman–Crippen MR) is 49.3 cm³/mol. The number of ether oxygens (including phenoxy) is 1. The molecule has 5 heteroatoms. The normalized spacial score (nSPS) is 30.8. The average Bonchev–Trinajstić information content (AvgIpc) is 2.42. The molecule has 0 aromatic heterocycles. The SMILES string of the molecule is COC1/C(=N/NC(N)=O)CCC1C. The van der Waals surface area contributed by atoms with Gasteiger partial charge in [0, 0.05) is 7.11 Å². The van der Waals surface area contributed by atoms with Crippen molar-refractivity contribution in [2.45, 2.75) is 25.9 Å². The van der Waals surface area contributed by atoms with Crippen LogP contribution in [0.4, 0.5) is 4.79 Å². The molecule has 0 bridgehead atoms. The molecule has 0 radical (unpaired) electrons. The van der Waals surface area contributed by atoms with E-state index in [2.05, 4.69) is 17.5 Å². The first-order valence-corrected chi connectivity index (χ1v) is 4.30. The fourth-order valence-corrected chi connectivity index (χ4v) is 1.61. The minimum absolute atomic E-state index is 0.0202. The number of primary amides is 1. The second-order valence-electron chi connectivity index (χ2n) is 3.25. The van der Waals surface area contributed by atoms with Crippen LogP contribution in [0.5, 0.6) is 0 Å². The number of amides is 2. The lowest BCUT2D eigenvalue weighted by molar-refractivity contribution is 0.121. The van der Waals surface area contributed by atoms with Gasteiger partial charge in [-0.05, 0) is 18.8 Å². The molecule has 0 aliphatic heterocycles. The Morgan fingerprint density at radius 1 is 1.77 bits per heavy atom. The van der Waals surface area contributed by atoms with Crippen molar-refractivity contribution in [1.29, 1.82) is 0 Å². The number of hydrazone groups is 1. The Morgan fingerprint density at radius 3 is 3.00 bits per heavy atom. The predicted octanol–water partition coefficient (Wildman–Crippen LogP) is 0.456. The van der Waals surface area contributed by atoms with Crippen LogP contribution in [-0.2, 0) is 4.74 Å². The highest BCUT2D eigenvalue weighted by atomic mass is 16.5. The fourth-order valence-electron chi connectivity index (χ4n) is 1.61. The number of carbonyl (C=O) groups is 1. The van der Waals surface area contributed by atoms with E-state index in [-0.39, 0.29) is 6.10 Å². The maximum absolute atomic E-state index is 10.4. The summed E-state index contributed by atoms with van der Waals surface area (Å²) in [6.07, 6.45) is 1.92. The quantitative estimate of drug-likeness (QED) is 0.613. The number of nitrogens with two attached hydrogens (primary N) is 1. The molecule has 2 unspecified atom stereocenters. The lowest BCUT2D eigenvalue weighted by Gasteiger charge is -2.13. The summed E-state index contributed by atoms with van der Waals surface area (Å²) in [4.78, 5) is 10.4. The van der Waals surface area contributed by atoms with E-state index in [1.807, 2.05) is 0 Å². The number of carbonyl (C=O) groups excluding carboxylic acids is 1. The summed E-state index contributed by atoms with van der Waals surface area (Å²) in [6, 6.07) is -0.637. The smallest absolute Gasteiger partial charge is 0.332 e. The van der Waals surface area contributed by atoms with Crippen molar-refractivity contribution in [3.63, 3.8) is 0 Å². The molecule has 2 amide bonds. The Kier molecular flexibility index (Phi) is 3.25. The fraction of sp³-hybridized carbons (Fsp3) is 0.750. The molecule has 1 saturated carbocycles. The Morgan fingerprint density at radius 2 is 2.46 bits per heavy atom. The zero-order valence-corrected chi connectivity index (χ0v) is 7.91. The van der Waals surface area contributed by atoms with Gasteiger partial charge < -0.3 is 10.5 Å². The van der Waals surface area contributed by atoms with Crippen LogP contribution >= 0.6 is 0 Å². The zero-order chi connectivity index (χ0) is 9.84. The van der Waals surface area contributed by atoms with Crippen LogP contribution in [0, 0.1) is 5.92 Å². The standard InChI is InChI=1S/C8H15N3O2/c1-5-3-4-6(7(5)13-2)10-11-8(9)12/h5,7H,3-4H2,1-2H3,(H3,9,11,12)/b10-6+. The van der Waals surface area contributed by atoms with Crippen molar-refractivity contribution in [3.8, 4) is 0 Å². The topological polar surface area (TPSA) is 76.7 Å². The van der Waals surface area contributed by atoms with E-state index in [4.69, 9.17) is 10.5 Å². The van der Waals surface area contributed by atoms with Gasteiger partial charge in [0.05, 0.1) is 11.8 Å². The average molecular weight is 185 g/mol. The number of nitrogens with zero attached hydrogens (tertiary/aromatic N) is 1. The Bertz CT molecular complexity index is 227. The largest absolute Gasteiger partial charge is 0.375 e. The van der Waals surface area contributed by atoms with Crippen molar-refractivity contribution in [3.05, 3.63) is 0 Å². The van der Waals surface area contributed by atoms with Crippen molar-refractivity contribution in [2.24, 2.45) is 16.8 Å². The highest BCUT2D eigenvalue weighted by Gasteiger charge is 2.29. The molecule has 0 heterocycles. The van der Waals surface area contributed by atoms with Gasteiger partial charge in [-0.25, -0.2) is 10.2 Å². The molecule has 0 aromatic rings. The summed E-state index contributed by atoms with van der Waals surface area (Å²) in [7, 11) is 1.65. The third-order valence-corrected chi connectivity index (χ3v) is 2.26. The minimum Gasteiger partial charge on any atom is -0.375 e. The highest BCUT2D eigenvalue weighted by Crippen LogP contribution is 2.24. The van der Waals surface area contributed by atoms with Gasteiger partial charge in [-0.3, -0.25) is 0 Å². The van der Waals surface area contributed by atoms with Crippen LogP contribution in [0.15, 0.2) is 5.10 Å². The van der Waals surface area contributed by atoms with Crippen LogP contribution in [-0.4, -0.2) is 25.0 Å². The van der Waals surface area contributed by atoms with E-state index in [0.717, 1.165) is 18.6 Å². The van der Waals surface area contributed by atoms with E-state index in [1.165, 1.54) is 0 Å². The molecule has 13 heavy (non-hydrogen) atoms. The number of nitrogens with one attached hydrogen (secondary N) is 1. The maximum atomic E-state index is 10.4. The third-order valence-electron chi connectivity index (χ3n) is 2.26. The molecular formula is C8H15N3O2. The number of rotatable bonds is 2. The molecule has 0 saturated heterocycles. The van der Waals surface area contributed by atoms with Gasteiger partial charge in [0.1, 0.15) is 0 Å². The van der Waals surface area contributed by atoms with Gasteiger partial charge >= 0.3 is 6.03 Å². The number of hydrogen-bond acceptors (Lipinski definition) is 3. The van der Waals surface area contributed by atoms with Crippen molar-refractivity contribution >= 4 is 11.7 Å². The Hall–Kier alpha value is -1.10. The number of hydrogen-bond donors (Lipinski definition) is 2. The van der Waals surface area contributed by atoms with Gasteiger partial charge in [-0.15, -0.1) is 0 Å². The van der Waals surface area contributed by atoms with Crippen molar-refractivity contribution in [1.82, 2.24) is 5.43 Å². The monoisotopic (exact) mass is 185 g/mol. The molecule has 74 valence electrons. The van der Waals surface area contributed by atoms with Gasteiger partial charge in [0.25, 0.3) is 0 Å². The third kappa shape index (κ3) is 2.42. The molecule has 1 aliphatic carbocycles. The molecule has 1 rings (SSSR count). The summed E-state index contributed by atoms with van der Waals surface area (Å²) in [5.74, 6) is 0.457. The van der Waals surface area contributed by atoms with Crippen LogP contribution in [0.1, 0.15) is 19.8 Å². The van der Waals surface area contributed by atoms with Crippen LogP contribution < -0.4 is 11.2 Å². The molecule has 0 spiro atoms. The molecular weight excluding hydrogens is 170 g/mol. The first-order chi connectivity index (χ1) is 6.15. The molecule has 5 nitrogen and oxygen atoms in total. The zero-order valence-electron chi connectivity index (χ0n) is 7.91. The van der Waals surface area contributed by atoms with E-state index < -0.39 is 6.03 Å². The second kappa shape index (κ2) is 4.23. The van der Waals surface area contributed by atoms with Crippen molar-refractivity contribution < 1.29 is 9.53 Å². The minimum atomic E-state index is -0.637. The Balaban J connectivity index is 2.59. The summed E-state index contributed by atoms with van der Waals surface area (Å²) in [5, 5.41) is 3.89. The van der Waals surface area contributed by atoms with Gasteiger partial charge in [-0.1, -0.05) is 6.92 Å². The Labute approximate surface area is 77.3 Å². The lowest BCUT2D eigenvalue weighted by atomic mass is 10.1.